The number of thioether (sulfide) groups is 1. The molecule has 160 valence electrons. The zero-order chi connectivity index (χ0) is 22.2. The van der Waals surface area contributed by atoms with Crippen molar-refractivity contribution in [3.63, 3.8) is 0 Å². The Hall–Kier alpha value is -3.30. The van der Waals surface area contributed by atoms with Crippen molar-refractivity contribution in [1.82, 2.24) is 19.6 Å². The fourth-order valence-electron chi connectivity index (χ4n) is 3.83. The lowest BCUT2D eigenvalue weighted by Crippen LogP contribution is -2.21. The van der Waals surface area contributed by atoms with E-state index in [0.29, 0.717) is 45.8 Å². The van der Waals surface area contributed by atoms with Crippen LogP contribution in [0.4, 0.5) is 5.69 Å². The number of hydrogen-bond donors (Lipinski definition) is 0. The maximum atomic E-state index is 12.8. The molecule has 2 heterocycles. The van der Waals surface area contributed by atoms with E-state index < -0.39 is 4.92 Å². The monoisotopic (exact) mass is 465 g/mol. The minimum absolute atomic E-state index is 0.0203. The Bertz CT molecular complexity index is 1370. The summed E-state index contributed by atoms with van der Waals surface area (Å²) in [5.74, 6) is 0.944. The highest BCUT2D eigenvalue weighted by molar-refractivity contribution is 7.98. The highest BCUT2D eigenvalue weighted by atomic mass is 35.5. The lowest BCUT2D eigenvalue weighted by atomic mass is 9.82. The molecule has 1 atom stereocenters. The first-order valence-electron chi connectivity index (χ1n) is 9.87. The standard InChI is InChI=1S/C22H16ClN5O3S/c23-16-5-2-4-14(8-16)15-9-19-18(20(29)10-15)11-27-21(24-19)25-22(26-27)32-12-13-3-1-6-17(7-13)28(30)31/h1-8,11,15H,9-10,12H2/t15-/m0/s1. The van der Waals surface area contributed by atoms with E-state index in [1.54, 1.807) is 12.3 Å². The summed E-state index contributed by atoms with van der Waals surface area (Å²) in [7, 11) is 0. The van der Waals surface area contributed by atoms with Gasteiger partial charge in [0.25, 0.3) is 11.5 Å². The molecule has 10 heteroatoms. The number of benzene rings is 2. The summed E-state index contributed by atoms with van der Waals surface area (Å²) in [6, 6.07) is 14.0. The number of carbonyl (C=O) groups excluding carboxylic acids is 1. The van der Waals surface area contributed by atoms with Gasteiger partial charge in [0.2, 0.25) is 5.16 Å². The quantitative estimate of drug-likeness (QED) is 0.235. The number of ketones is 1. The first-order chi connectivity index (χ1) is 15.5. The van der Waals surface area contributed by atoms with Crippen LogP contribution in [-0.4, -0.2) is 30.3 Å². The largest absolute Gasteiger partial charge is 0.294 e. The van der Waals surface area contributed by atoms with Crippen LogP contribution in [0.3, 0.4) is 0 Å². The molecule has 0 fully saturated rings. The highest BCUT2D eigenvalue weighted by Gasteiger charge is 2.28. The van der Waals surface area contributed by atoms with Crippen molar-refractivity contribution < 1.29 is 9.72 Å². The first-order valence-corrected chi connectivity index (χ1v) is 11.2. The van der Waals surface area contributed by atoms with E-state index in [1.165, 1.54) is 28.4 Å². The predicted molar refractivity (Wildman–Crippen MR) is 120 cm³/mol. The number of rotatable bonds is 5. The van der Waals surface area contributed by atoms with Crippen LogP contribution in [0.1, 0.15) is 39.5 Å². The van der Waals surface area contributed by atoms with Crippen molar-refractivity contribution >= 4 is 40.6 Å². The van der Waals surface area contributed by atoms with E-state index >= 15 is 0 Å². The number of Topliss-reactive ketones (excluding diaryl/α,β-unsaturated/α-hetero) is 1. The molecule has 0 spiro atoms. The minimum atomic E-state index is -0.417. The third-order valence-electron chi connectivity index (χ3n) is 5.37. The van der Waals surface area contributed by atoms with Gasteiger partial charge < -0.3 is 0 Å². The molecule has 0 bridgehead atoms. The first kappa shape index (κ1) is 20.6. The molecule has 0 N–H and O–H groups in total. The van der Waals surface area contributed by atoms with Crippen molar-refractivity contribution in [2.75, 3.05) is 0 Å². The molecule has 0 saturated carbocycles. The van der Waals surface area contributed by atoms with E-state index in [1.807, 2.05) is 30.3 Å². The van der Waals surface area contributed by atoms with Gasteiger partial charge in [0, 0.05) is 35.5 Å². The van der Waals surface area contributed by atoms with Crippen LogP contribution in [0.25, 0.3) is 5.78 Å². The molecule has 0 radical (unpaired) electrons. The number of halogens is 1. The molecule has 1 aliphatic rings. The molecule has 0 unspecified atom stereocenters. The van der Waals surface area contributed by atoms with Crippen molar-refractivity contribution in [2.24, 2.45) is 0 Å². The Morgan fingerprint density at radius 1 is 1.16 bits per heavy atom. The van der Waals surface area contributed by atoms with Crippen molar-refractivity contribution in [2.45, 2.75) is 29.7 Å². The molecule has 5 rings (SSSR count). The topological polar surface area (TPSA) is 103 Å². The Morgan fingerprint density at radius 2 is 2.00 bits per heavy atom. The van der Waals surface area contributed by atoms with Gasteiger partial charge in [-0.1, -0.05) is 47.6 Å². The van der Waals surface area contributed by atoms with Crippen molar-refractivity contribution in [1.29, 1.82) is 0 Å². The zero-order valence-electron chi connectivity index (χ0n) is 16.6. The Kier molecular flexibility index (Phi) is 5.36. The lowest BCUT2D eigenvalue weighted by molar-refractivity contribution is -0.384. The predicted octanol–water partition coefficient (Wildman–Crippen LogP) is 4.89. The van der Waals surface area contributed by atoms with Crippen LogP contribution in [0.15, 0.2) is 59.9 Å². The Balaban J connectivity index is 1.38. The van der Waals surface area contributed by atoms with Crippen LogP contribution in [0.5, 0.6) is 0 Å². The van der Waals surface area contributed by atoms with E-state index in [-0.39, 0.29) is 17.4 Å². The maximum Gasteiger partial charge on any atom is 0.269 e. The van der Waals surface area contributed by atoms with Gasteiger partial charge in [0.15, 0.2) is 5.78 Å². The number of nitro benzene ring substituents is 1. The van der Waals surface area contributed by atoms with E-state index in [0.717, 1.165) is 11.1 Å². The summed E-state index contributed by atoms with van der Waals surface area (Å²) >= 11 is 7.48. The minimum Gasteiger partial charge on any atom is -0.294 e. The fraction of sp³-hybridized carbons (Fsp3) is 0.182. The van der Waals surface area contributed by atoms with Gasteiger partial charge in [-0.3, -0.25) is 14.9 Å². The molecule has 0 amide bonds. The zero-order valence-corrected chi connectivity index (χ0v) is 18.2. The van der Waals surface area contributed by atoms with E-state index in [4.69, 9.17) is 11.6 Å². The van der Waals surface area contributed by atoms with Crippen molar-refractivity contribution in [3.05, 3.63) is 92.2 Å². The lowest BCUT2D eigenvalue weighted by Gasteiger charge is -2.23. The van der Waals surface area contributed by atoms with Crippen molar-refractivity contribution in [3.8, 4) is 0 Å². The molecular formula is C22H16ClN5O3S. The molecule has 8 nitrogen and oxygen atoms in total. The molecule has 1 aliphatic carbocycles. The number of fused-ring (bicyclic) bond motifs is 2. The second kappa shape index (κ2) is 8.33. The van der Waals surface area contributed by atoms with Crippen LogP contribution in [0, 0.1) is 10.1 Å². The maximum absolute atomic E-state index is 12.8. The SMILES string of the molecule is O=C1C[C@@H](c2cccc(Cl)c2)Cc2nc3nc(SCc4cccc([N+](=O)[O-])c4)nn3cc21. The molecular weight excluding hydrogens is 450 g/mol. The molecule has 4 aromatic rings. The summed E-state index contributed by atoms with van der Waals surface area (Å²) in [4.78, 5) is 32.4. The Labute approximate surface area is 191 Å². The van der Waals surface area contributed by atoms with Gasteiger partial charge in [0.05, 0.1) is 16.2 Å². The smallest absolute Gasteiger partial charge is 0.269 e. The van der Waals surface area contributed by atoms with Gasteiger partial charge in [-0.05, 0) is 35.6 Å². The average molecular weight is 466 g/mol. The third kappa shape index (κ3) is 4.09. The number of carbonyl (C=O) groups is 1. The summed E-state index contributed by atoms with van der Waals surface area (Å²) < 4.78 is 1.52. The van der Waals surface area contributed by atoms with Crippen LogP contribution >= 0.6 is 23.4 Å². The molecule has 2 aromatic carbocycles. The number of hydrogen-bond acceptors (Lipinski definition) is 7. The number of non-ortho nitro benzene ring substituents is 1. The van der Waals surface area contributed by atoms with E-state index in [2.05, 4.69) is 15.1 Å². The summed E-state index contributed by atoms with van der Waals surface area (Å²) in [6.07, 6.45) is 2.71. The average Bonchev–Trinajstić information content (AvgIpc) is 3.18. The highest BCUT2D eigenvalue weighted by Crippen LogP contribution is 2.33. The van der Waals surface area contributed by atoms with Crippen LogP contribution in [-0.2, 0) is 12.2 Å². The van der Waals surface area contributed by atoms with Gasteiger partial charge in [-0.2, -0.15) is 4.98 Å². The molecule has 32 heavy (non-hydrogen) atoms. The van der Waals surface area contributed by atoms with Gasteiger partial charge in [-0.15, -0.1) is 5.10 Å². The normalized spacial score (nSPS) is 15.7. The number of nitrogens with zero attached hydrogens (tertiary/aromatic N) is 5. The summed E-state index contributed by atoms with van der Waals surface area (Å²) in [5.41, 5.74) is 3.15. The number of aromatic nitrogens is 4. The second-order valence-corrected chi connectivity index (χ2v) is 8.92. The fourth-order valence-corrected chi connectivity index (χ4v) is 4.80. The van der Waals surface area contributed by atoms with Gasteiger partial charge >= 0.3 is 0 Å². The summed E-state index contributed by atoms with van der Waals surface area (Å²) in [5, 5.41) is 16.5. The third-order valence-corrected chi connectivity index (χ3v) is 6.52. The second-order valence-electron chi connectivity index (χ2n) is 7.54. The van der Waals surface area contributed by atoms with Crippen LogP contribution < -0.4 is 0 Å². The molecule has 0 aliphatic heterocycles. The van der Waals surface area contributed by atoms with Gasteiger partial charge in [0.1, 0.15) is 0 Å². The van der Waals surface area contributed by atoms with E-state index in [9.17, 15) is 14.9 Å². The Morgan fingerprint density at radius 3 is 2.81 bits per heavy atom. The van der Waals surface area contributed by atoms with Crippen LogP contribution in [0.2, 0.25) is 5.02 Å². The molecule has 0 saturated heterocycles. The number of nitro groups is 1. The summed E-state index contributed by atoms with van der Waals surface area (Å²) in [6.45, 7) is 0. The molecule has 2 aromatic heterocycles. The van der Waals surface area contributed by atoms with Gasteiger partial charge in [-0.25, -0.2) is 9.50 Å².